The van der Waals surface area contributed by atoms with E-state index in [0.717, 1.165) is 25.2 Å². The molecule has 0 fully saturated rings. The number of rotatable bonds is 6. The van der Waals surface area contributed by atoms with Crippen LogP contribution in [0.5, 0.6) is 0 Å². The minimum absolute atomic E-state index is 0.505. The molecule has 0 amide bonds. The maximum Gasteiger partial charge on any atom is 0.151 e. The molecule has 0 atom stereocenters. The lowest BCUT2D eigenvalue weighted by molar-refractivity contribution is 0.552. The first-order chi connectivity index (χ1) is 7.33. The first-order valence-corrected chi connectivity index (χ1v) is 5.57. The van der Waals surface area contributed by atoms with Crippen LogP contribution in [-0.2, 0) is 0 Å². The third-order valence-electron chi connectivity index (χ3n) is 2.61. The van der Waals surface area contributed by atoms with Gasteiger partial charge in [0.25, 0.3) is 0 Å². The fourth-order valence-electron chi connectivity index (χ4n) is 1.80. The van der Waals surface area contributed by atoms with Crippen LogP contribution in [0, 0.1) is 0 Å². The molecule has 0 spiro atoms. The molecule has 15 heavy (non-hydrogen) atoms. The summed E-state index contributed by atoms with van der Waals surface area (Å²) < 4.78 is 0. The molecular weight excluding hydrogens is 188 g/mol. The van der Waals surface area contributed by atoms with Gasteiger partial charge in [0, 0.05) is 25.3 Å². The molecule has 0 saturated heterocycles. The van der Waals surface area contributed by atoms with E-state index in [0.29, 0.717) is 12.6 Å². The number of aromatic nitrogens is 2. The van der Waals surface area contributed by atoms with Crippen molar-refractivity contribution < 1.29 is 0 Å². The molecule has 0 aromatic carbocycles. The van der Waals surface area contributed by atoms with Gasteiger partial charge >= 0.3 is 0 Å². The minimum atomic E-state index is 0.505. The average molecular weight is 208 g/mol. The van der Waals surface area contributed by atoms with Crippen molar-refractivity contribution in [3.05, 3.63) is 18.3 Å². The van der Waals surface area contributed by atoms with Crippen molar-refractivity contribution in [1.82, 2.24) is 10.2 Å². The maximum atomic E-state index is 5.62. The van der Waals surface area contributed by atoms with Gasteiger partial charge in [-0.25, -0.2) is 0 Å². The quantitative estimate of drug-likeness (QED) is 0.768. The summed E-state index contributed by atoms with van der Waals surface area (Å²) >= 11 is 0. The first kappa shape index (κ1) is 11.9. The summed E-state index contributed by atoms with van der Waals surface area (Å²) in [5.41, 5.74) is 5.62. The fraction of sp³-hybridized carbons (Fsp3) is 0.636. The monoisotopic (exact) mass is 208 g/mol. The van der Waals surface area contributed by atoms with E-state index in [4.69, 9.17) is 5.73 Å². The van der Waals surface area contributed by atoms with E-state index in [1.807, 2.05) is 12.1 Å². The van der Waals surface area contributed by atoms with Crippen molar-refractivity contribution >= 4 is 5.82 Å². The topological polar surface area (TPSA) is 55.0 Å². The van der Waals surface area contributed by atoms with E-state index in [1.165, 1.54) is 0 Å². The Kier molecular flexibility index (Phi) is 5.04. The van der Waals surface area contributed by atoms with Gasteiger partial charge in [0.1, 0.15) is 0 Å². The van der Waals surface area contributed by atoms with Crippen LogP contribution in [0.4, 0.5) is 5.82 Å². The van der Waals surface area contributed by atoms with E-state index in [1.54, 1.807) is 6.20 Å². The molecule has 0 bridgehead atoms. The number of nitrogens with two attached hydrogens (primary N) is 1. The summed E-state index contributed by atoms with van der Waals surface area (Å²) in [5.74, 6) is 0.927. The van der Waals surface area contributed by atoms with E-state index in [-0.39, 0.29) is 0 Å². The lowest BCUT2D eigenvalue weighted by Gasteiger charge is -2.30. The lowest BCUT2D eigenvalue weighted by Crippen LogP contribution is -2.38. The van der Waals surface area contributed by atoms with E-state index in [2.05, 4.69) is 28.9 Å². The molecule has 0 aliphatic carbocycles. The SMILES string of the molecule is CCC(CC)N(CCN)c1cccnn1. The van der Waals surface area contributed by atoms with Crippen LogP contribution in [0.2, 0.25) is 0 Å². The minimum Gasteiger partial charge on any atom is -0.351 e. The zero-order valence-electron chi connectivity index (χ0n) is 9.56. The Hall–Kier alpha value is -1.16. The summed E-state index contributed by atoms with van der Waals surface area (Å²) in [6.45, 7) is 5.86. The van der Waals surface area contributed by atoms with Gasteiger partial charge < -0.3 is 10.6 Å². The summed E-state index contributed by atoms with van der Waals surface area (Å²) in [6.07, 6.45) is 3.90. The van der Waals surface area contributed by atoms with E-state index >= 15 is 0 Å². The average Bonchev–Trinajstić information content (AvgIpc) is 2.30. The molecule has 4 nitrogen and oxygen atoms in total. The van der Waals surface area contributed by atoms with Crippen LogP contribution in [0.15, 0.2) is 18.3 Å². The second-order valence-corrected chi connectivity index (χ2v) is 3.53. The third-order valence-corrected chi connectivity index (χ3v) is 2.61. The predicted molar refractivity (Wildman–Crippen MR) is 62.8 cm³/mol. The van der Waals surface area contributed by atoms with Gasteiger partial charge in [-0.1, -0.05) is 13.8 Å². The second-order valence-electron chi connectivity index (χ2n) is 3.53. The first-order valence-electron chi connectivity index (χ1n) is 5.57. The van der Waals surface area contributed by atoms with Crippen molar-refractivity contribution in [2.75, 3.05) is 18.0 Å². The van der Waals surface area contributed by atoms with E-state index in [9.17, 15) is 0 Å². The third kappa shape index (κ3) is 3.16. The van der Waals surface area contributed by atoms with Crippen LogP contribution in [0.3, 0.4) is 0 Å². The Balaban J connectivity index is 2.81. The number of hydrogen-bond donors (Lipinski definition) is 1. The zero-order valence-corrected chi connectivity index (χ0v) is 9.56. The molecule has 0 aliphatic rings. The summed E-state index contributed by atoms with van der Waals surface area (Å²) in [5, 5.41) is 8.04. The highest BCUT2D eigenvalue weighted by Gasteiger charge is 2.15. The molecule has 4 heteroatoms. The number of hydrogen-bond acceptors (Lipinski definition) is 4. The maximum absolute atomic E-state index is 5.62. The van der Waals surface area contributed by atoms with Crippen LogP contribution in [0.25, 0.3) is 0 Å². The Morgan fingerprint density at radius 3 is 2.60 bits per heavy atom. The highest BCUT2D eigenvalue weighted by atomic mass is 15.3. The number of anilines is 1. The number of nitrogens with zero attached hydrogens (tertiary/aromatic N) is 3. The van der Waals surface area contributed by atoms with Gasteiger partial charge in [-0.05, 0) is 25.0 Å². The molecule has 1 aromatic rings. The smallest absolute Gasteiger partial charge is 0.151 e. The molecule has 1 aromatic heterocycles. The summed E-state index contributed by atoms with van der Waals surface area (Å²) in [4.78, 5) is 2.24. The van der Waals surface area contributed by atoms with Crippen molar-refractivity contribution in [1.29, 1.82) is 0 Å². The molecule has 0 radical (unpaired) electrons. The molecule has 0 aliphatic heterocycles. The normalized spacial score (nSPS) is 10.7. The van der Waals surface area contributed by atoms with Gasteiger partial charge in [-0.3, -0.25) is 0 Å². The van der Waals surface area contributed by atoms with Crippen molar-refractivity contribution in [3.8, 4) is 0 Å². The largest absolute Gasteiger partial charge is 0.351 e. The standard InChI is InChI=1S/C11H20N4/c1-3-10(4-2)15(9-7-12)11-6-5-8-13-14-11/h5-6,8,10H,3-4,7,9,12H2,1-2H3. The van der Waals surface area contributed by atoms with Crippen LogP contribution >= 0.6 is 0 Å². The van der Waals surface area contributed by atoms with Crippen LogP contribution in [-0.4, -0.2) is 29.3 Å². The van der Waals surface area contributed by atoms with Crippen molar-refractivity contribution in [2.45, 2.75) is 32.7 Å². The highest BCUT2D eigenvalue weighted by molar-refractivity contribution is 5.37. The van der Waals surface area contributed by atoms with Crippen LogP contribution in [0.1, 0.15) is 26.7 Å². The van der Waals surface area contributed by atoms with Gasteiger partial charge in [-0.2, -0.15) is 5.10 Å². The molecule has 84 valence electrons. The highest BCUT2D eigenvalue weighted by Crippen LogP contribution is 2.16. The van der Waals surface area contributed by atoms with Gasteiger partial charge in [-0.15, -0.1) is 5.10 Å². The molecule has 0 saturated carbocycles. The molecule has 0 unspecified atom stereocenters. The Morgan fingerprint density at radius 2 is 2.13 bits per heavy atom. The molecule has 1 heterocycles. The molecular formula is C11H20N4. The molecule has 2 N–H and O–H groups in total. The summed E-state index contributed by atoms with van der Waals surface area (Å²) in [6, 6.07) is 4.40. The zero-order chi connectivity index (χ0) is 11.1. The lowest BCUT2D eigenvalue weighted by atomic mass is 10.1. The van der Waals surface area contributed by atoms with Gasteiger partial charge in [0.2, 0.25) is 0 Å². The van der Waals surface area contributed by atoms with Crippen molar-refractivity contribution in [2.24, 2.45) is 5.73 Å². The second kappa shape index (κ2) is 6.35. The van der Waals surface area contributed by atoms with Gasteiger partial charge in [0.05, 0.1) is 0 Å². The predicted octanol–water partition coefficient (Wildman–Crippen LogP) is 1.43. The Bertz CT molecular complexity index is 259. The van der Waals surface area contributed by atoms with Gasteiger partial charge in [0.15, 0.2) is 5.82 Å². The van der Waals surface area contributed by atoms with E-state index < -0.39 is 0 Å². The summed E-state index contributed by atoms with van der Waals surface area (Å²) in [7, 11) is 0. The Morgan fingerprint density at radius 1 is 1.40 bits per heavy atom. The van der Waals surface area contributed by atoms with Crippen LogP contribution < -0.4 is 10.6 Å². The fourth-order valence-corrected chi connectivity index (χ4v) is 1.80. The molecule has 1 rings (SSSR count). The Labute approximate surface area is 91.5 Å². The van der Waals surface area contributed by atoms with Crippen molar-refractivity contribution in [3.63, 3.8) is 0 Å².